The molecule has 5 heteroatoms. The van der Waals surface area contributed by atoms with Crippen molar-refractivity contribution in [2.24, 2.45) is 0 Å². The summed E-state index contributed by atoms with van der Waals surface area (Å²) in [6, 6.07) is 12.2. The van der Waals surface area contributed by atoms with Gasteiger partial charge in [0.15, 0.2) is 12.4 Å². The van der Waals surface area contributed by atoms with Crippen LogP contribution in [-0.2, 0) is 9.53 Å². The smallest absolute Gasteiger partial charge is 0.339 e. The quantitative estimate of drug-likeness (QED) is 0.554. The number of esters is 1. The Balaban J connectivity index is 2.15. The third-order valence-electron chi connectivity index (χ3n) is 4.49. The molecule has 0 saturated heterocycles. The number of nitrogens with one attached hydrogen (secondary N) is 1. The Hall–Kier alpha value is -2.95. The first-order valence-corrected chi connectivity index (χ1v) is 9.51. The van der Waals surface area contributed by atoms with Crippen LogP contribution in [0, 0.1) is 13.8 Å². The van der Waals surface area contributed by atoms with Crippen LogP contribution in [0.4, 0.5) is 0 Å². The summed E-state index contributed by atoms with van der Waals surface area (Å²) in [5.41, 5.74) is 2.77. The molecule has 1 N–H and O–H groups in total. The van der Waals surface area contributed by atoms with Gasteiger partial charge in [0.25, 0.3) is 5.91 Å². The molecule has 28 heavy (non-hydrogen) atoms. The van der Waals surface area contributed by atoms with E-state index in [1.54, 1.807) is 18.2 Å². The van der Waals surface area contributed by atoms with E-state index in [0.717, 1.165) is 24.0 Å². The number of hydrogen-bond donors (Lipinski definition) is 1. The summed E-state index contributed by atoms with van der Waals surface area (Å²) in [4.78, 5) is 37.5. The Bertz CT molecular complexity index is 873. The molecule has 0 spiro atoms. The fraction of sp³-hybridized carbons (Fsp3) is 0.348. The highest BCUT2D eigenvalue weighted by molar-refractivity contribution is 6.15. The predicted octanol–water partition coefficient (Wildman–Crippen LogP) is 4.00. The number of rotatable bonds is 8. The first kappa shape index (κ1) is 21.4. The summed E-state index contributed by atoms with van der Waals surface area (Å²) in [5.74, 6) is -1.28. The highest BCUT2D eigenvalue weighted by Crippen LogP contribution is 2.19. The highest BCUT2D eigenvalue weighted by atomic mass is 16.5. The van der Waals surface area contributed by atoms with Crippen LogP contribution >= 0.6 is 0 Å². The lowest BCUT2D eigenvalue weighted by Gasteiger charge is -2.13. The number of carbonyl (C=O) groups excluding carboxylic acids is 3. The summed E-state index contributed by atoms with van der Waals surface area (Å²) >= 11 is 0. The second-order valence-electron chi connectivity index (χ2n) is 7.03. The Morgan fingerprint density at radius 2 is 1.68 bits per heavy atom. The molecule has 0 unspecified atom stereocenters. The van der Waals surface area contributed by atoms with Gasteiger partial charge in [-0.3, -0.25) is 9.59 Å². The molecule has 0 fully saturated rings. The molecule has 0 aliphatic carbocycles. The Kier molecular flexibility index (Phi) is 7.50. The maximum Gasteiger partial charge on any atom is 0.339 e. The Morgan fingerprint density at radius 1 is 1.00 bits per heavy atom. The number of amides is 1. The Morgan fingerprint density at radius 3 is 2.36 bits per heavy atom. The fourth-order valence-corrected chi connectivity index (χ4v) is 3.02. The molecule has 0 aromatic heterocycles. The van der Waals surface area contributed by atoms with E-state index < -0.39 is 5.97 Å². The normalized spacial score (nSPS) is 11.6. The van der Waals surface area contributed by atoms with E-state index in [0.29, 0.717) is 5.56 Å². The fourth-order valence-electron chi connectivity index (χ4n) is 3.02. The molecular weight excluding hydrogens is 354 g/mol. The van der Waals surface area contributed by atoms with Crippen LogP contribution in [0.3, 0.4) is 0 Å². The summed E-state index contributed by atoms with van der Waals surface area (Å²) in [5, 5.41) is 2.78. The number of benzene rings is 2. The molecule has 148 valence electrons. The lowest BCUT2D eigenvalue weighted by Crippen LogP contribution is -2.35. The average molecular weight is 381 g/mol. The van der Waals surface area contributed by atoms with E-state index >= 15 is 0 Å². The molecule has 0 radical (unpaired) electrons. The minimum atomic E-state index is -0.687. The molecule has 2 rings (SSSR count). The number of ketones is 1. The molecule has 1 amide bonds. The van der Waals surface area contributed by atoms with Crippen molar-refractivity contribution in [3.63, 3.8) is 0 Å². The van der Waals surface area contributed by atoms with Gasteiger partial charge < -0.3 is 10.1 Å². The van der Waals surface area contributed by atoms with Gasteiger partial charge in [0.1, 0.15) is 0 Å². The van der Waals surface area contributed by atoms with E-state index in [4.69, 9.17) is 4.74 Å². The van der Waals surface area contributed by atoms with Gasteiger partial charge in [0.2, 0.25) is 0 Å². The standard InChI is InChI=1S/C23H27NO4/c1-5-8-17(4)24-21(25)14-28-23(27)19-10-7-6-9-18(19)22(26)20-13-15(2)11-12-16(20)3/h6-7,9-13,17H,5,8,14H2,1-4H3,(H,24,25)/t17-/m0/s1. The van der Waals surface area contributed by atoms with E-state index in [2.05, 4.69) is 5.32 Å². The molecule has 2 aromatic carbocycles. The van der Waals surface area contributed by atoms with Gasteiger partial charge in [0.05, 0.1) is 5.56 Å². The summed E-state index contributed by atoms with van der Waals surface area (Å²) < 4.78 is 5.15. The SMILES string of the molecule is CCC[C@H](C)NC(=O)COC(=O)c1ccccc1C(=O)c1cc(C)ccc1C. The number of ether oxygens (including phenoxy) is 1. The van der Waals surface area contributed by atoms with Crippen LogP contribution < -0.4 is 5.32 Å². The lowest BCUT2D eigenvalue weighted by molar-refractivity contribution is -0.124. The zero-order valence-electron chi connectivity index (χ0n) is 16.9. The van der Waals surface area contributed by atoms with Crippen molar-refractivity contribution in [3.05, 3.63) is 70.3 Å². The van der Waals surface area contributed by atoms with Gasteiger partial charge in [-0.25, -0.2) is 4.79 Å². The largest absolute Gasteiger partial charge is 0.452 e. The molecule has 0 heterocycles. The molecule has 1 atom stereocenters. The minimum absolute atomic E-state index is 0.0226. The van der Waals surface area contributed by atoms with E-state index in [1.807, 2.05) is 45.9 Å². The van der Waals surface area contributed by atoms with Gasteiger partial charge in [-0.15, -0.1) is 0 Å². The van der Waals surface area contributed by atoms with E-state index in [1.165, 1.54) is 6.07 Å². The molecule has 0 aliphatic heterocycles. The van der Waals surface area contributed by atoms with E-state index in [-0.39, 0.29) is 35.5 Å². The molecule has 5 nitrogen and oxygen atoms in total. The van der Waals surface area contributed by atoms with Gasteiger partial charge in [0, 0.05) is 17.2 Å². The van der Waals surface area contributed by atoms with Crippen molar-refractivity contribution < 1.29 is 19.1 Å². The molecule has 2 aromatic rings. The third kappa shape index (κ3) is 5.52. The lowest BCUT2D eigenvalue weighted by atomic mass is 9.94. The van der Waals surface area contributed by atoms with Gasteiger partial charge in [-0.1, -0.05) is 49.2 Å². The van der Waals surface area contributed by atoms with Crippen LogP contribution in [0.15, 0.2) is 42.5 Å². The van der Waals surface area contributed by atoms with Crippen molar-refractivity contribution >= 4 is 17.7 Å². The first-order chi connectivity index (χ1) is 13.3. The summed E-state index contributed by atoms with van der Waals surface area (Å²) in [7, 11) is 0. The number of aryl methyl sites for hydroxylation is 2. The number of hydrogen-bond acceptors (Lipinski definition) is 4. The summed E-state index contributed by atoms with van der Waals surface area (Å²) in [6.07, 6.45) is 1.81. The van der Waals surface area contributed by atoms with Crippen molar-refractivity contribution in [1.82, 2.24) is 5.32 Å². The second-order valence-corrected chi connectivity index (χ2v) is 7.03. The average Bonchev–Trinajstić information content (AvgIpc) is 2.67. The Labute approximate surface area is 166 Å². The van der Waals surface area contributed by atoms with Crippen LogP contribution in [0.1, 0.15) is 64.1 Å². The number of carbonyl (C=O) groups is 3. The van der Waals surface area contributed by atoms with Crippen LogP contribution in [0.25, 0.3) is 0 Å². The molecule has 0 aliphatic rings. The molecule has 0 bridgehead atoms. The topological polar surface area (TPSA) is 72.5 Å². The van der Waals surface area contributed by atoms with Crippen molar-refractivity contribution in [2.75, 3.05) is 6.61 Å². The van der Waals surface area contributed by atoms with Gasteiger partial charge in [-0.05, 0) is 44.9 Å². The molecule has 0 saturated carbocycles. The zero-order chi connectivity index (χ0) is 20.7. The highest BCUT2D eigenvalue weighted by Gasteiger charge is 2.21. The van der Waals surface area contributed by atoms with Crippen LogP contribution in [0.5, 0.6) is 0 Å². The first-order valence-electron chi connectivity index (χ1n) is 9.51. The van der Waals surface area contributed by atoms with Gasteiger partial charge in [-0.2, -0.15) is 0 Å². The maximum absolute atomic E-state index is 13.0. The molecular formula is C23H27NO4. The van der Waals surface area contributed by atoms with Crippen LogP contribution in [0.2, 0.25) is 0 Å². The monoisotopic (exact) mass is 381 g/mol. The minimum Gasteiger partial charge on any atom is -0.452 e. The van der Waals surface area contributed by atoms with Crippen molar-refractivity contribution in [1.29, 1.82) is 0 Å². The van der Waals surface area contributed by atoms with Crippen molar-refractivity contribution in [3.8, 4) is 0 Å². The zero-order valence-corrected chi connectivity index (χ0v) is 16.9. The van der Waals surface area contributed by atoms with E-state index in [9.17, 15) is 14.4 Å². The summed E-state index contributed by atoms with van der Waals surface area (Å²) in [6.45, 7) is 7.33. The predicted molar refractivity (Wildman–Crippen MR) is 109 cm³/mol. The second kappa shape index (κ2) is 9.83. The third-order valence-corrected chi connectivity index (χ3v) is 4.49. The van der Waals surface area contributed by atoms with Crippen LogP contribution in [-0.4, -0.2) is 30.3 Å². The van der Waals surface area contributed by atoms with Crippen molar-refractivity contribution in [2.45, 2.75) is 46.6 Å². The maximum atomic E-state index is 13.0. The van der Waals surface area contributed by atoms with Gasteiger partial charge >= 0.3 is 5.97 Å².